The van der Waals surface area contributed by atoms with Gasteiger partial charge in [0.25, 0.3) is 0 Å². The maximum absolute atomic E-state index is 2.26. The normalized spacial score (nSPS) is 13.7. The molecule has 8 bridgehead atoms. The van der Waals surface area contributed by atoms with Crippen molar-refractivity contribution in [2.75, 3.05) is 0 Å². The minimum atomic E-state index is 0.774. The van der Waals surface area contributed by atoms with E-state index in [0.29, 0.717) is 0 Å². The van der Waals surface area contributed by atoms with Crippen molar-refractivity contribution in [3.63, 3.8) is 0 Å². The van der Waals surface area contributed by atoms with E-state index < -0.39 is 0 Å². The summed E-state index contributed by atoms with van der Waals surface area (Å²) in [5.74, 6) is 0. The summed E-state index contributed by atoms with van der Waals surface area (Å²) in [6, 6.07) is 17.5. The highest BCUT2D eigenvalue weighted by atomic mass is 15.2. The Bertz CT molecular complexity index is 1450. The predicted octanol–water partition coefficient (Wildman–Crippen LogP) is 1.56. The highest BCUT2D eigenvalue weighted by Gasteiger charge is 2.16. The molecule has 1 aliphatic rings. The molecule has 0 saturated heterocycles. The molecule has 7 rings (SSSR count). The fourth-order valence-electron chi connectivity index (χ4n) is 5.36. The van der Waals surface area contributed by atoms with Gasteiger partial charge >= 0.3 is 0 Å². The summed E-state index contributed by atoms with van der Waals surface area (Å²) >= 11 is 0. The van der Waals surface area contributed by atoms with Crippen molar-refractivity contribution in [3.8, 4) is 0 Å². The summed E-state index contributed by atoms with van der Waals surface area (Å²) in [6.07, 6.45) is 26.0. The van der Waals surface area contributed by atoms with Crippen molar-refractivity contribution in [1.29, 1.82) is 0 Å². The third-order valence-corrected chi connectivity index (χ3v) is 7.29. The molecule has 2 aromatic carbocycles. The summed E-state index contributed by atoms with van der Waals surface area (Å²) in [5.41, 5.74) is 5.34. The largest absolute Gasteiger partial charge is 0.247 e. The summed E-state index contributed by atoms with van der Waals surface area (Å²) in [7, 11) is 0. The number of hydrogen-bond acceptors (Lipinski definition) is 0. The lowest BCUT2D eigenvalue weighted by molar-refractivity contribution is -0.913. The molecule has 0 amide bonds. The first-order valence-electron chi connectivity index (χ1n) is 13.1. The Hall–Kier alpha value is -4.72. The van der Waals surface area contributed by atoms with Crippen molar-refractivity contribution in [2.24, 2.45) is 0 Å². The van der Waals surface area contributed by atoms with Crippen LogP contribution in [0.5, 0.6) is 0 Å². The Morgan fingerprint density at radius 3 is 0.921 bits per heavy atom. The molecule has 0 atom stereocenters. The molecule has 1 aliphatic heterocycles. The Morgan fingerprint density at radius 1 is 0.395 bits per heavy atom. The van der Waals surface area contributed by atoms with Crippen LogP contribution in [0.1, 0.15) is 22.3 Å². The highest BCUT2D eigenvalue weighted by molar-refractivity contribution is 5.28. The van der Waals surface area contributed by atoms with E-state index in [1.165, 1.54) is 22.3 Å². The summed E-state index contributed by atoms with van der Waals surface area (Å²) in [6.45, 7) is 4.92. The van der Waals surface area contributed by atoms with Gasteiger partial charge in [-0.2, -0.15) is 18.3 Å². The lowest BCUT2D eigenvalue weighted by atomic mass is 10.1. The van der Waals surface area contributed by atoms with E-state index in [-0.39, 0.29) is 0 Å². The van der Waals surface area contributed by atoms with Crippen LogP contribution in [-0.2, 0) is 39.5 Å². The van der Waals surface area contributed by atoms with Gasteiger partial charge in [0.1, 0.15) is 75.8 Å². The van der Waals surface area contributed by atoms with Crippen LogP contribution in [0.15, 0.2) is 123 Å². The molecule has 5 heterocycles. The van der Waals surface area contributed by atoms with Crippen LogP contribution < -0.4 is 18.3 Å². The number of benzene rings is 2. The number of nitrogens with zero attached hydrogens (tertiary/aromatic N) is 8. The van der Waals surface area contributed by atoms with E-state index in [2.05, 4.69) is 160 Å². The van der Waals surface area contributed by atoms with Crippen LogP contribution in [0.25, 0.3) is 0 Å². The fourth-order valence-corrected chi connectivity index (χ4v) is 5.36. The van der Waals surface area contributed by atoms with Gasteiger partial charge in [-0.15, -0.1) is 0 Å². The number of hydrogen-bond donors (Lipinski definition) is 0. The summed E-state index contributed by atoms with van der Waals surface area (Å²) in [4.78, 5) is 0. The molecular formula is C30H32N8+4. The minimum absolute atomic E-state index is 0.774. The van der Waals surface area contributed by atoms with E-state index in [1.807, 2.05) is 0 Å². The van der Waals surface area contributed by atoms with Crippen LogP contribution in [0, 0.1) is 0 Å². The summed E-state index contributed by atoms with van der Waals surface area (Å²) < 4.78 is 17.9. The van der Waals surface area contributed by atoms with E-state index in [4.69, 9.17) is 0 Å². The molecule has 38 heavy (non-hydrogen) atoms. The van der Waals surface area contributed by atoms with Gasteiger partial charge in [0, 0.05) is 22.3 Å². The quantitative estimate of drug-likeness (QED) is 0.281. The van der Waals surface area contributed by atoms with Crippen LogP contribution in [0.2, 0.25) is 0 Å². The molecule has 0 N–H and O–H groups in total. The Morgan fingerprint density at radius 2 is 0.658 bits per heavy atom. The van der Waals surface area contributed by atoms with E-state index in [0.717, 1.165) is 39.5 Å². The average molecular weight is 505 g/mol. The Kier molecular flexibility index (Phi) is 5.69. The molecular weight excluding hydrogens is 472 g/mol. The van der Waals surface area contributed by atoms with Gasteiger partial charge in [-0.3, -0.25) is 0 Å². The number of rotatable bonds is 0. The molecule has 8 nitrogen and oxygen atoms in total. The second kappa shape index (κ2) is 9.63. The maximum Gasteiger partial charge on any atom is 0.247 e. The average Bonchev–Trinajstić information content (AvgIpc) is 3.72. The predicted molar refractivity (Wildman–Crippen MR) is 139 cm³/mol. The van der Waals surface area contributed by atoms with Gasteiger partial charge < -0.3 is 0 Å². The van der Waals surface area contributed by atoms with Crippen molar-refractivity contribution < 1.29 is 18.3 Å². The molecule has 0 spiro atoms. The third-order valence-electron chi connectivity index (χ3n) is 7.29. The molecule has 8 heteroatoms. The molecule has 0 aliphatic carbocycles. The first-order valence-corrected chi connectivity index (χ1v) is 13.1. The Balaban J connectivity index is 1.24. The number of imidazole rings is 4. The van der Waals surface area contributed by atoms with Gasteiger partial charge in [-0.25, -0.2) is 18.3 Å². The monoisotopic (exact) mass is 504 g/mol. The van der Waals surface area contributed by atoms with Crippen molar-refractivity contribution in [1.82, 2.24) is 18.3 Å². The molecule has 0 saturated carbocycles. The topological polar surface area (TPSA) is 35.2 Å². The molecule has 0 fully saturated rings. The summed E-state index contributed by atoms with van der Waals surface area (Å²) in [5, 5.41) is 0. The van der Waals surface area contributed by atoms with Crippen LogP contribution in [0.3, 0.4) is 0 Å². The SMILES string of the molecule is c1ccc2c(c1)Cn1cc[n+](c1)C[n+]1ccn(c1)Cc1ccccc1Cn1cc[n+](c1)C[n+]1ccn(c1)C2. The van der Waals surface area contributed by atoms with Gasteiger partial charge in [0.2, 0.25) is 38.6 Å². The zero-order chi connectivity index (χ0) is 25.3. The smallest absolute Gasteiger partial charge is 0.233 e. The molecule has 0 radical (unpaired) electrons. The van der Waals surface area contributed by atoms with Gasteiger partial charge in [0.05, 0.1) is 0 Å². The van der Waals surface area contributed by atoms with E-state index >= 15 is 0 Å². The van der Waals surface area contributed by atoms with Crippen LogP contribution >= 0.6 is 0 Å². The van der Waals surface area contributed by atoms with Crippen LogP contribution in [0.4, 0.5) is 0 Å². The molecule has 6 aromatic rings. The second-order valence-electron chi connectivity index (χ2n) is 10.2. The first kappa shape index (κ1) is 22.5. The van der Waals surface area contributed by atoms with Crippen LogP contribution in [-0.4, -0.2) is 18.3 Å². The molecule has 0 unspecified atom stereocenters. The van der Waals surface area contributed by atoms with Gasteiger partial charge in [-0.1, -0.05) is 48.5 Å². The van der Waals surface area contributed by atoms with Crippen molar-refractivity contribution >= 4 is 0 Å². The van der Waals surface area contributed by atoms with Gasteiger partial charge in [-0.05, 0) is 0 Å². The Labute approximate surface area is 221 Å². The van der Waals surface area contributed by atoms with E-state index in [1.54, 1.807) is 0 Å². The fraction of sp³-hybridized carbons (Fsp3) is 0.200. The molecule has 188 valence electrons. The van der Waals surface area contributed by atoms with Crippen molar-refractivity contribution in [2.45, 2.75) is 39.5 Å². The lowest BCUT2D eigenvalue weighted by Crippen LogP contribution is -2.49. The standard InChI is InChI=1S/C30H32N8/c1-2-6-28-18-32-10-14-36(22-32)26-38-16-12-34(24-38)20-30-8-4-3-7-29(30)19-33-11-15-37(23-33)25-35-13-9-31(21-35)17-27(28)5-1/h1-16,21-24H,17-20,25-26H2/q+4. The lowest BCUT2D eigenvalue weighted by Gasteiger charge is -2.06. The zero-order valence-electron chi connectivity index (χ0n) is 21.4. The molecule has 4 aromatic heterocycles. The number of aromatic nitrogens is 8. The third kappa shape index (κ3) is 4.80. The highest BCUT2D eigenvalue weighted by Crippen LogP contribution is 2.13. The van der Waals surface area contributed by atoms with Gasteiger partial charge in [0.15, 0.2) is 0 Å². The van der Waals surface area contributed by atoms with E-state index in [9.17, 15) is 0 Å². The second-order valence-corrected chi connectivity index (χ2v) is 10.2. The van der Waals surface area contributed by atoms with Crippen molar-refractivity contribution in [3.05, 3.63) is 146 Å². The minimum Gasteiger partial charge on any atom is -0.233 e. The number of fused-ring (bicyclic) bond motifs is 10. The maximum atomic E-state index is 2.26. The first-order chi connectivity index (χ1) is 18.7. The zero-order valence-corrected chi connectivity index (χ0v) is 21.4.